The highest BCUT2D eigenvalue weighted by Crippen LogP contribution is 2.34. The summed E-state index contributed by atoms with van der Waals surface area (Å²) >= 11 is 0. The molecule has 1 aliphatic heterocycles. The zero-order valence-corrected chi connectivity index (χ0v) is 12.0. The van der Waals surface area contributed by atoms with Crippen molar-refractivity contribution < 1.29 is 13.9 Å². The number of rotatable bonds is 3. The van der Waals surface area contributed by atoms with Gasteiger partial charge in [-0.15, -0.1) is 0 Å². The molecule has 110 valence electrons. The van der Waals surface area contributed by atoms with E-state index < -0.39 is 5.82 Å². The summed E-state index contributed by atoms with van der Waals surface area (Å²) in [5, 5.41) is 0. The first kappa shape index (κ1) is 13.6. The maximum atomic E-state index is 13.8. The van der Waals surface area contributed by atoms with Crippen molar-refractivity contribution in [3.8, 4) is 11.5 Å². The molecule has 0 aliphatic carbocycles. The lowest BCUT2D eigenvalue weighted by Crippen LogP contribution is -2.31. The molecule has 0 spiro atoms. The minimum absolute atomic E-state index is 0.338. The van der Waals surface area contributed by atoms with Gasteiger partial charge < -0.3 is 14.4 Å². The molecule has 6 heteroatoms. The van der Waals surface area contributed by atoms with Gasteiger partial charge in [0.25, 0.3) is 0 Å². The number of anilines is 1. The van der Waals surface area contributed by atoms with Crippen LogP contribution in [0.1, 0.15) is 11.1 Å². The van der Waals surface area contributed by atoms with E-state index in [0.717, 1.165) is 17.7 Å². The van der Waals surface area contributed by atoms with Crippen molar-refractivity contribution in [3.63, 3.8) is 0 Å². The highest BCUT2D eigenvalue weighted by Gasteiger charge is 2.22. The van der Waals surface area contributed by atoms with E-state index in [1.54, 1.807) is 14.2 Å². The lowest BCUT2D eigenvalue weighted by Gasteiger charge is -2.30. The highest BCUT2D eigenvalue weighted by atomic mass is 19.1. The molecule has 0 bridgehead atoms. The van der Waals surface area contributed by atoms with Crippen LogP contribution in [0.15, 0.2) is 24.7 Å². The van der Waals surface area contributed by atoms with Crippen molar-refractivity contribution in [1.82, 2.24) is 9.97 Å². The third-order valence-electron chi connectivity index (χ3n) is 3.67. The summed E-state index contributed by atoms with van der Waals surface area (Å²) in [5.74, 6) is 1.34. The second kappa shape index (κ2) is 5.55. The molecule has 1 aromatic heterocycles. The van der Waals surface area contributed by atoms with Crippen LogP contribution in [0.4, 0.5) is 10.2 Å². The maximum Gasteiger partial charge on any atom is 0.183 e. The molecule has 0 saturated heterocycles. The van der Waals surface area contributed by atoms with Crippen LogP contribution in [0, 0.1) is 5.82 Å². The van der Waals surface area contributed by atoms with Crippen molar-refractivity contribution in [2.24, 2.45) is 0 Å². The predicted octanol–water partition coefficient (Wildman–Crippen LogP) is 2.20. The summed E-state index contributed by atoms with van der Waals surface area (Å²) < 4.78 is 24.4. The molecule has 0 amide bonds. The van der Waals surface area contributed by atoms with E-state index in [1.165, 1.54) is 18.1 Å². The Kier molecular flexibility index (Phi) is 3.60. The van der Waals surface area contributed by atoms with Crippen LogP contribution in [0.3, 0.4) is 0 Å². The number of halogens is 1. The van der Waals surface area contributed by atoms with Gasteiger partial charge in [0.1, 0.15) is 6.33 Å². The van der Waals surface area contributed by atoms with Crippen molar-refractivity contribution in [2.75, 3.05) is 25.7 Å². The van der Waals surface area contributed by atoms with Crippen molar-refractivity contribution in [3.05, 3.63) is 41.6 Å². The van der Waals surface area contributed by atoms with Crippen LogP contribution in [-0.4, -0.2) is 30.7 Å². The van der Waals surface area contributed by atoms with Crippen molar-refractivity contribution in [1.29, 1.82) is 0 Å². The van der Waals surface area contributed by atoms with Gasteiger partial charge in [-0.3, -0.25) is 0 Å². The fourth-order valence-electron chi connectivity index (χ4n) is 2.60. The Hall–Kier alpha value is -2.37. The lowest BCUT2D eigenvalue weighted by molar-refractivity contribution is 0.353. The first-order valence-corrected chi connectivity index (χ1v) is 6.67. The number of nitrogens with zero attached hydrogens (tertiary/aromatic N) is 3. The molecule has 1 aliphatic rings. The van der Waals surface area contributed by atoms with E-state index in [1.807, 2.05) is 17.0 Å². The lowest BCUT2D eigenvalue weighted by atomic mass is 9.99. The van der Waals surface area contributed by atoms with Gasteiger partial charge in [0.15, 0.2) is 23.1 Å². The SMILES string of the molecule is COc1cc2c(cc1OC)CN(c1ncncc1F)CC2. The summed E-state index contributed by atoms with van der Waals surface area (Å²) in [6.07, 6.45) is 3.36. The van der Waals surface area contributed by atoms with Crippen molar-refractivity contribution >= 4 is 5.82 Å². The predicted molar refractivity (Wildman–Crippen MR) is 76.3 cm³/mol. The molecule has 2 heterocycles. The molecular weight excluding hydrogens is 273 g/mol. The van der Waals surface area contributed by atoms with Gasteiger partial charge in [-0.1, -0.05) is 0 Å². The average molecular weight is 289 g/mol. The molecule has 0 N–H and O–H groups in total. The van der Waals surface area contributed by atoms with Crippen molar-refractivity contribution in [2.45, 2.75) is 13.0 Å². The standard InChI is InChI=1S/C15H16FN3O2/c1-20-13-5-10-3-4-19(8-11(10)6-14(13)21-2)15-12(16)7-17-9-18-15/h5-7,9H,3-4,8H2,1-2H3. The van der Waals surface area contributed by atoms with Gasteiger partial charge in [0.2, 0.25) is 0 Å². The van der Waals surface area contributed by atoms with Crippen LogP contribution in [0.2, 0.25) is 0 Å². The Morgan fingerprint density at radius 3 is 2.52 bits per heavy atom. The fourth-order valence-corrected chi connectivity index (χ4v) is 2.60. The van der Waals surface area contributed by atoms with Crippen LogP contribution >= 0.6 is 0 Å². The summed E-state index contributed by atoms with van der Waals surface area (Å²) in [4.78, 5) is 9.63. The van der Waals surface area contributed by atoms with E-state index in [-0.39, 0.29) is 0 Å². The largest absolute Gasteiger partial charge is 0.493 e. The second-order valence-electron chi connectivity index (χ2n) is 4.84. The zero-order valence-electron chi connectivity index (χ0n) is 12.0. The first-order valence-electron chi connectivity index (χ1n) is 6.67. The summed E-state index contributed by atoms with van der Waals surface area (Å²) in [7, 11) is 3.23. The van der Waals surface area contributed by atoms with Crippen LogP contribution in [0.25, 0.3) is 0 Å². The molecule has 21 heavy (non-hydrogen) atoms. The zero-order chi connectivity index (χ0) is 14.8. The number of ether oxygens (including phenoxy) is 2. The molecule has 0 atom stereocenters. The minimum atomic E-state index is -0.401. The quantitative estimate of drug-likeness (QED) is 0.867. The molecule has 2 aromatic rings. The summed E-state index contributed by atoms with van der Waals surface area (Å²) in [6, 6.07) is 3.93. The van der Waals surface area contributed by atoms with Gasteiger partial charge in [-0.2, -0.15) is 0 Å². The number of benzene rings is 1. The Bertz CT molecular complexity index is 663. The number of fused-ring (bicyclic) bond motifs is 1. The van der Waals surface area contributed by atoms with Crippen LogP contribution < -0.4 is 14.4 Å². The van der Waals surface area contributed by atoms with Gasteiger partial charge in [0, 0.05) is 13.1 Å². The van der Waals surface area contributed by atoms with Gasteiger partial charge in [-0.05, 0) is 29.7 Å². The monoisotopic (exact) mass is 289 g/mol. The van der Waals surface area contributed by atoms with E-state index in [0.29, 0.717) is 24.7 Å². The molecule has 3 rings (SSSR count). The molecule has 0 unspecified atom stereocenters. The van der Waals surface area contributed by atoms with E-state index in [4.69, 9.17) is 9.47 Å². The van der Waals surface area contributed by atoms with Crippen LogP contribution in [0.5, 0.6) is 11.5 Å². The normalized spacial score (nSPS) is 13.8. The molecular formula is C15H16FN3O2. The summed E-state index contributed by atoms with van der Waals surface area (Å²) in [5.41, 5.74) is 2.29. The van der Waals surface area contributed by atoms with E-state index >= 15 is 0 Å². The molecule has 0 fully saturated rings. The Balaban J connectivity index is 1.93. The average Bonchev–Trinajstić information content (AvgIpc) is 2.53. The number of hydrogen-bond acceptors (Lipinski definition) is 5. The Morgan fingerprint density at radius 2 is 1.86 bits per heavy atom. The molecule has 1 aromatic carbocycles. The highest BCUT2D eigenvalue weighted by molar-refractivity contribution is 5.51. The Labute approximate surface area is 122 Å². The fraction of sp³-hybridized carbons (Fsp3) is 0.333. The topological polar surface area (TPSA) is 47.5 Å². The third-order valence-corrected chi connectivity index (χ3v) is 3.67. The minimum Gasteiger partial charge on any atom is -0.493 e. The summed E-state index contributed by atoms with van der Waals surface area (Å²) in [6.45, 7) is 1.29. The number of aromatic nitrogens is 2. The van der Waals surface area contributed by atoms with Gasteiger partial charge in [0.05, 0.1) is 20.4 Å². The number of hydrogen-bond donors (Lipinski definition) is 0. The second-order valence-corrected chi connectivity index (χ2v) is 4.84. The Morgan fingerprint density at radius 1 is 1.14 bits per heavy atom. The first-order chi connectivity index (χ1) is 10.2. The van der Waals surface area contributed by atoms with Gasteiger partial charge >= 0.3 is 0 Å². The molecule has 0 radical (unpaired) electrons. The van der Waals surface area contributed by atoms with Gasteiger partial charge in [-0.25, -0.2) is 14.4 Å². The smallest absolute Gasteiger partial charge is 0.183 e. The third kappa shape index (κ3) is 2.49. The van der Waals surface area contributed by atoms with E-state index in [9.17, 15) is 4.39 Å². The maximum absolute atomic E-state index is 13.8. The number of methoxy groups -OCH3 is 2. The van der Waals surface area contributed by atoms with E-state index in [2.05, 4.69) is 9.97 Å². The molecule has 5 nitrogen and oxygen atoms in total. The molecule has 0 saturated carbocycles. The van der Waals surface area contributed by atoms with Crippen LogP contribution in [-0.2, 0) is 13.0 Å².